The Balaban J connectivity index is 1.44. The number of thiocarbonyl (C=S) groups is 1. The number of nitrogens with one attached hydrogen (secondary N) is 3. The first-order valence-electron chi connectivity index (χ1n) is 8.90. The van der Waals surface area contributed by atoms with Crippen LogP contribution in [0.25, 0.3) is 0 Å². The van der Waals surface area contributed by atoms with Crippen LogP contribution in [-0.4, -0.2) is 37.5 Å². The van der Waals surface area contributed by atoms with Gasteiger partial charge in [0.1, 0.15) is 25.7 Å². The molecular formula is C20H25ClN3OS+. The molecule has 2 aromatic rings. The highest BCUT2D eigenvalue weighted by Crippen LogP contribution is 2.19. The van der Waals surface area contributed by atoms with Gasteiger partial charge >= 0.3 is 0 Å². The summed E-state index contributed by atoms with van der Waals surface area (Å²) in [4.78, 5) is 1.54. The maximum absolute atomic E-state index is 6.15. The van der Waals surface area contributed by atoms with Crippen molar-refractivity contribution in [2.75, 3.05) is 31.6 Å². The van der Waals surface area contributed by atoms with Crippen LogP contribution < -0.4 is 15.5 Å². The number of halogens is 1. The van der Waals surface area contributed by atoms with Gasteiger partial charge in [0, 0.05) is 22.8 Å². The van der Waals surface area contributed by atoms with Gasteiger partial charge in [-0.25, -0.2) is 0 Å². The Kier molecular flexibility index (Phi) is 6.86. The molecule has 4 nitrogen and oxygen atoms in total. The molecule has 1 aliphatic rings. The quantitative estimate of drug-likeness (QED) is 0.685. The minimum Gasteiger partial charge on any atom is -0.365 e. The van der Waals surface area contributed by atoms with Crippen molar-refractivity contribution in [2.45, 2.75) is 19.6 Å². The lowest BCUT2D eigenvalue weighted by Crippen LogP contribution is -3.13. The molecule has 2 atom stereocenters. The van der Waals surface area contributed by atoms with Crippen LogP contribution in [0.5, 0.6) is 0 Å². The predicted molar refractivity (Wildman–Crippen MR) is 111 cm³/mol. The van der Waals surface area contributed by atoms with E-state index in [0.29, 0.717) is 11.7 Å². The van der Waals surface area contributed by atoms with Gasteiger partial charge in [0.2, 0.25) is 0 Å². The largest absolute Gasteiger partial charge is 0.365 e. The number of hydrogen-bond donors (Lipinski definition) is 3. The Morgan fingerprint density at radius 3 is 2.85 bits per heavy atom. The zero-order valence-electron chi connectivity index (χ0n) is 14.9. The van der Waals surface area contributed by atoms with Crippen LogP contribution in [0.15, 0.2) is 48.5 Å². The van der Waals surface area contributed by atoms with E-state index in [9.17, 15) is 0 Å². The van der Waals surface area contributed by atoms with Gasteiger partial charge in [0.15, 0.2) is 5.11 Å². The number of morpholine rings is 1. The molecule has 1 fully saturated rings. The second kappa shape index (κ2) is 9.33. The van der Waals surface area contributed by atoms with E-state index in [1.807, 2.05) is 25.1 Å². The molecule has 1 unspecified atom stereocenters. The third-order valence-corrected chi connectivity index (χ3v) is 5.20. The van der Waals surface area contributed by atoms with Crippen LogP contribution in [-0.2, 0) is 11.3 Å². The van der Waals surface area contributed by atoms with Crippen molar-refractivity contribution in [3.63, 3.8) is 0 Å². The average molecular weight is 391 g/mol. The van der Waals surface area contributed by atoms with Crippen LogP contribution in [0.2, 0.25) is 5.02 Å². The van der Waals surface area contributed by atoms with Gasteiger partial charge in [-0.2, -0.15) is 0 Å². The number of aryl methyl sites for hydroxylation is 1. The van der Waals surface area contributed by atoms with Crippen LogP contribution in [0, 0.1) is 6.92 Å². The SMILES string of the molecule is Cc1ccc(NC(=S)NC[C@H]2C[NH+](Cc3ccccc3)CCO2)cc1Cl. The normalized spacial score (nSPS) is 19.8. The second-order valence-corrected chi connectivity index (χ2v) is 7.47. The monoisotopic (exact) mass is 390 g/mol. The molecule has 1 heterocycles. The van der Waals surface area contributed by atoms with Crippen molar-refractivity contribution in [1.29, 1.82) is 0 Å². The molecule has 1 saturated heterocycles. The molecule has 0 saturated carbocycles. The zero-order valence-corrected chi connectivity index (χ0v) is 16.5. The smallest absolute Gasteiger partial charge is 0.170 e. The molecule has 138 valence electrons. The van der Waals surface area contributed by atoms with E-state index in [0.717, 1.165) is 42.5 Å². The fourth-order valence-corrected chi connectivity index (χ4v) is 3.46. The molecule has 0 radical (unpaired) electrons. The summed E-state index contributed by atoms with van der Waals surface area (Å²) in [5.41, 5.74) is 3.30. The van der Waals surface area contributed by atoms with Gasteiger partial charge in [0.25, 0.3) is 0 Å². The number of benzene rings is 2. The van der Waals surface area contributed by atoms with E-state index in [1.54, 1.807) is 4.90 Å². The first-order valence-corrected chi connectivity index (χ1v) is 9.69. The Morgan fingerprint density at radius 2 is 2.08 bits per heavy atom. The summed E-state index contributed by atoms with van der Waals surface area (Å²) < 4.78 is 5.89. The third kappa shape index (κ3) is 5.68. The van der Waals surface area contributed by atoms with Crippen LogP contribution in [0.1, 0.15) is 11.1 Å². The van der Waals surface area contributed by atoms with E-state index in [4.69, 9.17) is 28.6 Å². The van der Waals surface area contributed by atoms with Crippen molar-refractivity contribution in [2.24, 2.45) is 0 Å². The summed E-state index contributed by atoms with van der Waals surface area (Å²) in [5, 5.41) is 7.75. The lowest BCUT2D eigenvalue weighted by molar-refractivity contribution is -0.925. The molecule has 0 aliphatic carbocycles. The molecule has 0 aromatic heterocycles. The minimum atomic E-state index is 0.156. The standard InChI is InChI=1S/C20H24ClN3OS/c1-15-7-8-17(11-19(15)21)23-20(26)22-12-18-14-24(9-10-25-18)13-16-5-3-2-4-6-16/h2-8,11,18H,9-10,12-14H2,1H3,(H2,22,23,26)/p+1/t18-/m0/s1. The highest BCUT2D eigenvalue weighted by molar-refractivity contribution is 7.80. The van der Waals surface area contributed by atoms with Gasteiger partial charge in [-0.1, -0.05) is 48.0 Å². The number of hydrogen-bond acceptors (Lipinski definition) is 2. The fourth-order valence-electron chi connectivity index (χ4n) is 3.08. The summed E-state index contributed by atoms with van der Waals surface area (Å²) in [6, 6.07) is 16.4. The van der Waals surface area contributed by atoms with Crippen LogP contribution in [0.4, 0.5) is 5.69 Å². The summed E-state index contributed by atoms with van der Waals surface area (Å²) in [6.07, 6.45) is 0.156. The molecule has 0 amide bonds. The molecule has 0 bridgehead atoms. The topological polar surface area (TPSA) is 37.7 Å². The Hall–Kier alpha value is -1.66. The minimum absolute atomic E-state index is 0.156. The van der Waals surface area contributed by atoms with E-state index in [2.05, 4.69) is 41.0 Å². The molecule has 2 aromatic carbocycles. The third-order valence-electron chi connectivity index (χ3n) is 4.54. The average Bonchev–Trinajstić information content (AvgIpc) is 2.64. The first-order chi connectivity index (χ1) is 12.6. The summed E-state index contributed by atoms with van der Waals surface area (Å²) >= 11 is 11.5. The predicted octanol–water partition coefficient (Wildman–Crippen LogP) is 2.42. The van der Waals surface area contributed by atoms with E-state index < -0.39 is 0 Å². The maximum Gasteiger partial charge on any atom is 0.170 e. The summed E-state index contributed by atoms with van der Waals surface area (Å²) in [6.45, 7) is 6.50. The first kappa shape index (κ1) is 19.1. The van der Waals surface area contributed by atoms with Gasteiger partial charge < -0.3 is 20.3 Å². The van der Waals surface area contributed by atoms with Crippen LogP contribution >= 0.6 is 23.8 Å². The lowest BCUT2D eigenvalue weighted by Gasteiger charge is -2.30. The van der Waals surface area contributed by atoms with Gasteiger partial charge in [-0.05, 0) is 36.8 Å². The van der Waals surface area contributed by atoms with Crippen LogP contribution in [0.3, 0.4) is 0 Å². The van der Waals surface area contributed by atoms with Gasteiger partial charge in [0.05, 0.1) is 6.61 Å². The van der Waals surface area contributed by atoms with Crippen molar-refractivity contribution >= 4 is 34.6 Å². The summed E-state index contributed by atoms with van der Waals surface area (Å²) in [7, 11) is 0. The van der Waals surface area contributed by atoms with E-state index >= 15 is 0 Å². The van der Waals surface area contributed by atoms with E-state index in [-0.39, 0.29) is 6.10 Å². The Bertz CT molecular complexity index is 741. The number of rotatable bonds is 5. The molecule has 6 heteroatoms. The van der Waals surface area contributed by atoms with Gasteiger partial charge in [-0.15, -0.1) is 0 Å². The summed E-state index contributed by atoms with van der Waals surface area (Å²) in [5.74, 6) is 0. The second-order valence-electron chi connectivity index (χ2n) is 6.66. The molecule has 0 spiro atoms. The maximum atomic E-state index is 6.15. The van der Waals surface area contributed by atoms with Crippen molar-refractivity contribution < 1.29 is 9.64 Å². The number of quaternary nitrogens is 1. The Morgan fingerprint density at radius 1 is 1.27 bits per heavy atom. The lowest BCUT2D eigenvalue weighted by atomic mass is 10.2. The van der Waals surface area contributed by atoms with Crippen molar-refractivity contribution in [3.05, 3.63) is 64.7 Å². The highest BCUT2D eigenvalue weighted by Gasteiger charge is 2.23. The molecule has 3 N–H and O–H groups in total. The molecule has 3 rings (SSSR count). The van der Waals surface area contributed by atoms with Gasteiger partial charge in [-0.3, -0.25) is 0 Å². The molecule has 26 heavy (non-hydrogen) atoms. The van der Waals surface area contributed by atoms with Crippen molar-refractivity contribution in [1.82, 2.24) is 5.32 Å². The van der Waals surface area contributed by atoms with Crippen molar-refractivity contribution in [3.8, 4) is 0 Å². The zero-order chi connectivity index (χ0) is 18.4. The Labute approximate surface area is 165 Å². The number of anilines is 1. The number of ether oxygens (including phenoxy) is 1. The fraction of sp³-hybridized carbons (Fsp3) is 0.350. The highest BCUT2D eigenvalue weighted by atomic mass is 35.5. The molecular weight excluding hydrogens is 366 g/mol. The van der Waals surface area contributed by atoms with E-state index in [1.165, 1.54) is 5.56 Å². The molecule has 1 aliphatic heterocycles.